The van der Waals surface area contributed by atoms with Crippen LogP contribution in [0.4, 0.5) is 0 Å². The average molecular weight is 210 g/mol. The first-order chi connectivity index (χ1) is 5.43. The fraction of sp³-hybridized carbons (Fsp3) is 0.714. The fourth-order valence-electron chi connectivity index (χ4n) is 0.579. The van der Waals surface area contributed by atoms with E-state index in [0.29, 0.717) is 0 Å². The summed E-state index contributed by atoms with van der Waals surface area (Å²) < 4.78 is 4.84. The van der Waals surface area contributed by atoms with Gasteiger partial charge in [-0.15, -0.1) is 12.4 Å². The minimum atomic E-state index is -0.372. The molecular weight excluding hydrogens is 194 g/mol. The Balaban J connectivity index is 0. The summed E-state index contributed by atoms with van der Waals surface area (Å²) in [6.07, 6.45) is -0.127. The van der Waals surface area contributed by atoms with Crippen LogP contribution in [0.2, 0.25) is 0 Å². The number of rotatable bonds is 3. The maximum absolute atomic E-state index is 11.0. The van der Waals surface area contributed by atoms with Crippen molar-refractivity contribution in [2.75, 3.05) is 13.6 Å². The molecule has 13 heavy (non-hydrogen) atoms. The number of ether oxygens (including phenoxy) is 1. The van der Waals surface area contributed by atoms with Gasteiger partial charge in [-0.2, -0.15) is 0 Å². The molecule has 0 aromatic heterocycles. The number of halogens is 1. The van der Waals surface area contributed by atoms with Gasteiger partial charge in [0.15, 0.2) is 5.96 Å². The lowest BCUT2D eigenvalue weighted by atomic mass is 10.5. The molecule has 3 N–H and O–H groups in total. The molecule has 0 aliphatic rings. The molecule has 0 aromatic carbocycles. The fourth-order valence-corrected chi connectivity index (χ4v) is 0.579. The Bertz CT molecular complexity index is 185. The lowest BCUT2D eigenvalue weighted by Crippen LogP contribution is -2.37. The van der Waals surface area contributed by atoms with E-state index < -0.39 is 0 Å². The van der Waals surface area contributed by atoms with Crippen molar-refractivity contribution in [3.8, 4) is 0 Å². The number of nitrogens with zero attached hydrogens (tertiary/aromatic N) is 1. The van der Waals surface area contributed by atoms with Gasteiger partial charge in [0.25, 0.3) is 0 Å². The van der Waals surface area contributed by atoms with Crippen molar-refractivity contribution >= 4 is 24.3 Å². The van der Waals surface area contributed by atoms with Crippen molar-refractivity contribution in [1.82, 2.24) is 4.90 Å². The van der Waals surface area contributed by atoms with Crippen molar-refractivity contribution in [2.45, 2.75) is 20.0 Å². The van der Waals surface area contributed by atoms with Crippen LogP contribution < -0.4 is 5.73 Å². The first-order valence-electron chi connectivity index (χ1n) is 3.68. The van der Waals surface area contributed by atoms with Gasteiger partial charge < -0.3 is 15.4 Å². The third kappa shape index (κ3) is 7.39. The van der Waals surface area contributed by atoms with Crippen LogP contribution in [0.25, 0.3) is 0 Å². The molecule has 0 amide bonds. The molecule has 0 atom stereocenters. The molecule has 0 spiro atoms. The highest BCUT2D eigenvalue weighted by Crippen LogP contribution is 1.90. The van der Waals surface area contributed by atoms with Crippen LogP contribution >= 0.6 is 12.4 Å². The molecule has 0 aliphatic carbocycles. The molecule has 0 bridgehead atoms. The van der Waals surface area contributed by atoms with E-state index in [9.17, 15) is 4.79 Å². The van der Waals surface area contributed by atoms with Crippen LogP contribution in [0.3, 0.4) is 0 Å². The maximum Gasteiger partial charge on any atom is 0.325 e. The highest BCUT2D eigenvalue weighted by atomic mass is 35.5. The molecule has 0 radical (unpaired) electrons. The van der Waals surface area contributed by atoms with Gasteiger partial charge in [0.05, 0.1) is 6.10 Å². The second-order valence-electron chi connectivity index (χ2n) is 2.78. The number of likely N-dealkylation sites (N-methyl/N-ethyl adjacent to an activating group) is 1. The highest BCUT2D eigenvalue weighted by Gasteiger charge is 2.09. The second kappa shape index (κ2) is 6.54. The molecule has 0 fully saturated rings. The summed E-state index contributed by atoms with van der Waals surface area (Å²) in [7, 11) is 1.56. The van der Waals surface area contributed by atoms with Crippen LogP contribution in [0.15, 0.2) is 0 Å². The van der Waals surface area contributed by atoms with Gasteiger partial charge in [-0.25, -0.2) is 0 Å². The molecule has 5 nitrogen and oxygen atoms in total. The summed E-state index contributed by atoms with van der Waals surface area (Å²) in [4.78, 5) is 12.3. The third-order valence-electron chi connectivity index (χ3n) is 1.14. The van der Waals surface area contributed by atoms with E-state index in [2.05, 4.69) is 0 Å². The van der Waals surface area contributed by atoms with E-state index in [0.717, 1.165) is 0 Å². The Labute approximate surface area is 84.1 Å². The zero-order valence-corrected chi connectivity index (χ0v) is 8.85. The zero-order valence-electron chi connectivity index (χ0n) is 8.03. The summed E-state index contributed by atoms with van der Waals surface area (Å²) in [6, 6.07) is 0. The lowest BCUT2D eigenvalue weighted by Gasteiger charge is -2.16. The molecule has 0 aromatic rings. The number of esters is 1. The number of guanidine groups is 1. The summed E-state index contributed by atoms with van der Waals surface area (Å²) in [5, 5.41) is 6.97. The van der Waals surface area contributed by atoms with Gasteiger partial charge in [-0.3, -0.25) is 10.2 Å². The van der Waals surface area contributed by atoms with Gasteiger partial charge in [0.2, 0.25) is 0 Å². The Morgan fingerprint density at radius 3 is 2.38 bits per heavy atom. The van der Waals surface area contributed by atoms with E-state index >= 15 is 0 Å². The zero-order chi connectivity index (χ0) is 9.72. The number of carbonyl (C=O) groups excluding carboxylic acids is 1. The van der Waals surface area contributed by atoms with Crippen molar-refractivity contribution in [2.24, 2.45) is 5.73 Å². The number of nitrogens with two attached hydrogens (primary N) is 1. The predicted molar refractivity (Wildman–Crippen MR) is 53.0 cm³/mol. The molecule has 0 heterocycles. The van der Waals surface area contributed by atoms with Crippen LogP contribution in [-0.4, -0.2) is 36.5 Å². The summed E-state index contributed by atoms with van der Waals surface area (Å²) >= 11 is 0. The van der Waals surface area contributed by atoms with Crippen LogP contribution in [-0.2, 0) is 9.53 Å². The Hall–Kier alpha value is -0.970. The van der Waals surface area contributed by atoms with Crippen molar-refractivity contribution in [3.05, 3.63) is 0 Å². The normalized spacial score (nSPS) is 8.92. The van der Waals surface area contributed by atoms with Gasteiger partial charge >= 0.3 is 5.97 Å². The molecular formula is C7H16ClN3O2. The lowest BCUT2D eigenvalue weighted by molar-refractivity contribution is -0.147. The summed E-state index contributed by atoms with van der Waals surface area (Å²) in [5.74, 6) is -0.515. The third-order valence-corrected chi connectivity index (χ3v) is 1.14. The molecule has 0 rings (SSSR count). The van der Waals surface area contributed by atoms with E-state index in [4.69, 9.17) is 15.9 Å². The summed E-state index contributed by atoms with van der Waals surface area (Å²) in [5.41, 5.74) is 5.12. The maximum atomic E-state index is 11.0. The van der Waals surface area contributed by atoms with Crippen LogP contribution in [0.5, 0.6) is 0 Å². The molecule has 0 unspecified atom stereocenters. The average Bonchev–Trinajstić information content (AvgIpc) is 1.84. The predicted octanol–water partition coefficient (Wildman–Crippen LogP) is 0.185. The standard InChI is InChI=1S/C7H15N3O2.ClH/c1-5(2)12-6(11)4-10(3)7(8)9;/h5H,4H2,1-3H3,(H3,8,9);1H. The Morgan fingerprint density at radius 2 is 2.08 bits per heavy atom. The van der Waals surface area contributed by atoms with Crippen LogP contribution in [0.1, 0.15) is 13.8 Å². The van der Waals surface area contributed by atoms with Crippen molar-refractivity contribution in [3.63, 3.8) is 0 Å². The summed E-state index contributed by atoms with van der Waals surface area (Å²) in [6.45, 7) is 3.56. The van der Waals surface area contributed by atoms with Gasteiger partial charge in [0, 0.05) is 7.05 Å². The van der Waals surface area contributed by atoms with Gasteiger partial charge in [-0.05, 0) is 13.8 Å². The van der Waals surface area contributed by atoms with Gasteiger partial charge in [0.1, 0.15) is 6.54 Å². The van der Waals surface area contributed by atoms with Crippen LogP contribution in [0, 0.1) is 5.41 Å². The second-order valence-corrected chi connectivity index (χ2v) is 2.78. The monoisotopic (exact) mass is 209 g/mol. The first kappa shape index (κ1) is 14.5. The minimum absolute atomic E-state index is 0. The molecule has 0 saturated carbocycles. The van der Waals surface area contributed by atoms with E-state index in [-0.39, 0.29) is 37.0 Å². The molecule has 78 valence electrons. The highest BCUT2D eigenvalue weighted by molar-refractivity contribution is 5.85. The molecule has 0 saturated heterocycles. The van der Waals surface area contributed by atoms with Crippen molar-refractivity contribution in [1.29, 1.82) is 5.41 Å². The van der Waals surface area contributed by atoms with E-state index in [1.54, 1.807) is 20.9 Å². The van der Waals surface area contributed by atoms with E-state index in [1.807, 2.05) is 0 Å². The SMILES string of the molecule is CC(C)OC(=O)CN(C)C(=N)N.Cl. The van der Waals surface area contributed by atoms with Crippen molar-refractivity contribution < 1.29 is 9.53 Å². The number of carbonyl (C=O) groups is 1. The number of nitrogens with one attached hydrogen (secondary N) is 1. The Kier molecular flexibility index (Phi) is 7.31. The van der Waals surface area contributed by atoms with Gasteiger partial charge in [-0.1, -0.05) is 0 Å². The quantitative estimate of drug-likeness (QED) is 0.395. The molecule has 6 heteroatoms. The Morgan fingerprint density at radius 1 is 1.62 bits per heavy atom. The van der Waals surface area contributed by atoms with E-state index in [1.165, 1.54) is 4.90 Å². The molecule has 0 aliphatic heterocycles. The first-order valence-corrected chi connectivity index (χ1v) is 3.68. The number of hydrogen-bond donors (Lipinski definition) is 2. The topological polar surface area (TPSA) is 79.4 Å². The number of hydrogen-bond acceptors (Lipinski definition) is 3. The largest absolute Gasteiger partial charge is 0.462 e. The minimum Gasteiger partial charge on any atom is -0.462 e. The smallest absolute Gasteiger partial charge is 0.325 e.